The van der Waals surface area contributed by atoms with Gasteiger partial charge in [-0.3, -0.25) is 4.79 Å². The van der Waals surface area contributed by atoms with Crippen molar-refractivity contribution in [2.75, 3.05) is 32.8 Å². The summed E-state index contributed by atoms with van der Waals surface area (Å²) in [6.07, 6.45) is 1.38. The minimum Gasteiger partial charge on any atom is -0.486 e. The zero-order valence-electron chi connectivity index (χ0n) is 12.4. The molecule has 0 saturated carbocycles. The van der Waals surface area contributed by atoms with Gasteiger partial charge in [0.05, 0.1) is 6.42 Å². The van der Waals surface area contributed by atoms with E-state index in [0.717, 1.165) is 36.6 Å². The van der Waals surface area contributed by atoms with Gasteiger partial charge in [-0.1, -0.05) is 13.0 Å². The van der Waals surface area contributed by atoms with Gasteiger partial charge in [0, 0.05) is 13.1 Å². The van der Waals surface area contributed by atoms with E-state index in [9.17, 15) is 4.79 Å². The second-order valence-electron chi connectivity index (χ2n) is 6.23. The molecule has 21 heavy (non-hydrogen) atoms. The first-order chi connectivity index (χ1) is 10.1. The molecule has 5 heteroatoms. The zero-order valence-corrected chi connectivity index (χ0v) is 12.4. The highest BCUT2D eigenvalue weighted by Gasteiger charge is 2.34. The summed E-state index contributed by atoms with van der Waals surface area (Å²) in [5.41, 5.74) is 6.83. The van der Waals surface area contributed by atoms with Crippen LogP contribution in [0, 0.1) is 5.41 Å². The maximum atomic E-state index is 12.4. The highest BCUT2D eigenvalue weighted by atomic mass is 16.6. The summed E-state index contributed by atoms with van der Waals surface area (Å²) in [4.78, 5) is 14.3. The van der Waals surface area contributed by atoms with E-state index in [0.29, 0.717) is 26.2 Å². The molecular formula is C16H22N2O3. The van der Waals surface area contributed by atoms with Crippen molar-refractivity contribution in [1.29, 1.82) is 0 Å². The van der Waals surface area contributed by atoms with Gasteiger partial charge in [0.25, 0.3) is 0 Å². The standard InChI is InChI=1S/C16H22N2O3/c1-16(10-17)4-5-18(11-16)15(19)9-12-2-3-13-14(8-12)21-7-6-20-13/h2-3,8H,4-7,9-11,17H2,1H3. The SMILES string of the molecule is CC1(CN)CCN(C(=O)Cc2ccc3c(c2)OCCO3)C1. The smallest absolute Gasteiger partial charge is 0.227 e. The fourth-order valence-electron chi connectivity index (χ4n) is 2.89. The monoisotopic (exact) mass is 290 g/mol. The van der Waals surface area contributed by atoms with Gasteiger partial charge in [-0.05, 0) is 36.1 Å². The maximum Gasteiger partial charge on any atom is 0.227 e. The van der Waals surface area contributed by atoms with Gasteiger partial charge in [-0.2, -0.15) is 0 Å². The summed E-state index contributed by atoms with van der Waals surface area (Å²) >= 11 is 0. The molecule has 2 N–H and O–H groups in total. The summed E-state index contributed by atoms with van der Waals surface area (Å²) in [5, 5.41) is 0. The molecular weight excluding hydrogens is 268 g/mol. The average Bonchev–Trinajstić information content (AvgIpc) is 2.91. The van der Waals surface area contributed by atoms with Crippen LogP contribution in [0.1, 0.15) is 18.9 Å². The van der Waals surface area contributed by atoms with E-state index in [1.54, 1.807) is 0 Å². The van der Waals surface area contributed by atoms with Gasteiger partial charge < -0.3 is 20.1 Å². The van der Waals surface area contributed by atoms with Crippen LogP contribution in [-0.4, -0.2) is 43.7 Å². The molecule has 0 radical (unpaired) electrons. The summed E-state index contributed by atoms with van der Waals surface area (Å²) < 4.78 is 11.0. The molecule has 1 aromatic rings. The van der Waals surface area contributed by atoms with Crippen molar-refractivity contribution in [1.82, 2.24) is 4.90 Å². The third-order valence-corrected chi connectivity index (χ3v) is 4.37. The molecule has 1 unspecified atom stereocenters. The van der Waals surface area contributed by atoms with Crippen LogP contribution in [-0.2, 0) is 11.2 Å². The summed E-state index contributed by atoms with van der Waals surface area (Å²) in [6, 6.07) is 5.72. The number of carbonyl (C=O) groups excluding carboxylic acids is 1. The van der Waals surface area contributed by atoms with E-state index < -0.39 is 0 Å². The Morgan fingerprint density at radius 2 is 2.10 bits per heavy atom. The summed E-state index contributed by atoms with van der Waals surface area (Å²) in [6.45, 7) is 5.47. The van der Waals surface area contributed by atoms with E-state index in [4.69, 9.17) is 15.2 Å². The first kappa shape index (κ1) is 14.2. The van der Waals surface area contributed by atoms with Gasteiger partial charge in [-0.15, -0.1) is 0 Å². The first-order valence-electron chi connectivity index (χ1n) is 7.46. The van der Waals surface area contributed by atoms with Gasteiger partial charge in [0.15, 0.2) is 11.5 Å². The Hall–Kier alpha value is -1.75. The second kappa shape index (κ2) is 5.56. The molecule has 5 nitrogen and oxygen atoms in total. The number of nitrogens with two attached hydrogens (primary N) is 1. The normalized spacial score (nSPS) is 24.2. The number of hydrogen-bond acceptors (Lipinski definition) is 4. The fraction of sp³-hybridized carbons (Fsp3) is 0.562. The van der Waals surface area contributed by atoms with E-state index in [1.165, 1.54) is 0 Å². The number of amides is 1. The first-order valence-corrected chi connectivity index (χ1v) is 7.46. The zero-order chi connectivity index (χ0) is 14.9. The van der Waals surface area contributed by atoms with Gasteiger partial charge in [0.2, 0.25) is 5.91 Å². The Balaban J connectivity index is 1.65. The third-order valence-electron chi connectivity index (χ3n) is 4.37. The van der Waals surface area contributed by atoms with Crippen molar-refractivity contribution >= 4 is 5.91 Å². The number of ether oxygens (including phenoxy) is 2. The molecule has 0 aliphatic carbocycles. The van der Waals surface area contributed by atoms with Crippen molar-refractivity contribution in [3.8, 4) is 11.5 Å². The molecule has 1 fully saturated rings. The van der Waals surface area contributed by atoms with Gasteiger partial charge in [0.1, 0.15) is 13.2 Å². The van der Waals surface area contributed by atoms with Crippen molar-refractivity contribution in [2.24, 2.45) is 11.1 Å². The number of carbonyl (C=O) groups is 1. The van der Waals surface area contributed by atoms with Crippen LogP contribution in [0.15, 0.2) is 18.2 Å². The largest absolute Gasteiger partial charge is 0.486 e. The Kier molecular flexibility index (Phi) is 3.76. The lowest BCUT2D eigenvalue weighted by Gasteiger charge is -2.23. The molecule has 1 amide bonds. The van der Waals surface area contributed by atoms with Crippen molar-refractivity contribution in [3.05, 3.63) is 23.8 Å². The molecule has 2 aliphatic rings. The maximum absolute atomic E-state index is 12.4. The molecule has 0 aromatic heterocycles. The molecule has 3 rings (SSSR count). The quantitative estimate of drug-likeness (QED) is 0.908. The Bertz CT molecular complexity index is 546. The number of fused-ring (bicyclic) bond motifs is 1. The van der Waals surface area contributed by atoms with E-state index in [2.05, 4.69) is 6.92 Å². The van der Waals surface area contributed by atoms with E-state index in [1.807, 2.05) is 23.1 Å². The second-order valence-corrected chi connectivity index (χ2v) is 6.23. The Labute approximate surface area is 125 Å². The van der Waals surface area contributed by atoms with Crippen molar-refractivity contribution in [3.63, 3.8) is 0 Å². The lowest BCUT2D eigenvalue weighted by molar-refractivity contribution is -0.129. The number of likely N-dealkylation sites (tertiary alicyclic amines) is 1. The third kappa shape index (κ3) is 2.97. The topological polar surface area (TPSA) is 64.8 Å². The summed E-state index contributed by atoms with van der Waals surface area (Å²) in [7, 11) is 0. The predicted molar refractivity (Wildman–Crippen MR) is 79.5 cm³/mol. The van der Waals surface area contributed by atoms with Gasteiger partial charge >= 0.3 is 0 Å². The van der Waals surface area contributed by atoms with Crippen molar-refractivity contribution in [2.45, 2.75) is 19.8 Å². The fourth-order valence-corrected chi connectivity index (χ4v) is 2.89. The molecule has 1 aromatic carbocycles. The minimum atomic E-state index is 0.0719. The Morgan fingerprint density at radius 1 is 1.33 bits per heavy atom. The van der Waals surface area contributed by atoms with Crippen LogP contribution >= 0.6 is 0 Å². The van der Waals surface area contributed by atoms with Crippen LogP contribution < -0.4 is 15.2 Å². The number of rotatable bonds is 3. The van der Waals surface area contributed by atoms with Crippen LogP contribution in [0.3, 0.4) is 0 Å². The number of hydrogen-bond donors (Lipinski definition) is 1. The molecule has 1 saturated heterocycles. The molecule has 1 atom stereocenters. The van der Waals surface area contributed by atoms with Crippen LogP contribution in [0.5, 0.6) is 11.5 Å². The number of nitrogens with zero attached hydrogens (tertiary/aromatic N) is 1. The molecule has 2 aliphatic heterocycles. The van der Waals surface area contributed by atoms with Crippen LogP contribution in [0.25, 0.3) is 0 Å². The van der Waals surface area contributed by atoms with Crippen LogP contribution in [0.4, 0.5) is 0 Å². The minimum absolute atomic E-state index is 0.0719. The average molecular weight is 290 g/mol. The van der Waals surface area contributed by atoms with E-state index in [-0.39, 0.29) is 11.3 Å². The Morgan fingerprint density at radius 3 is 2.81 bits per heavy atom. The molecule has 2 heterocycles. The lowest BCUT2D eigenvalue weighted by Crippen LogP contribution is -2.35. The predicted octanol–water partition coefficient (Wildman–Crippen LogP) is 1.20. The summed E-state index contributed by atoms with van der Waals surface area (Å²) in [5.74, 6) is 1.65. The molecule has 114 valence electrons. The highest BCUT2D eigenvalue weighted by molar-refractivity contribution is 5.79. The van der Waals surface area contributed by atoms with Crippen LogP contribution in [0.2, 0.25) is 0 Å². The molecule has 0 bridgehead atoms. The molecule has 0 spiro atoms. The number of benzene rings is 1. The highest BCUT2D eigenvalue weighted by Crippen LogP contribution is 2.32. The van der Waals surface area contributed by atoms with E-state index >= 15 is 0 Å². The van der Waals surface area contributed by atoms with Gasteiger partial charge in [-0.25, -0.2) is 0 Å². The lowest BCUT2D eigenvalue weighted by atomic mass is 9.90. The van der Waals surface area contributed by atoms with Crippen molar-refractivity contribution < 1.29 is 14.3 Å².